The van der Waals surface area contributed by atoms with Gasteiger partial charge in [0.05, 0.1) is 0 Å². The SMILES string of the molecule is CC(N)c1cccc(CCN)c1. The second-order valence-electron chi connectivity index (χ2n) is 3.07. The number of nitrogens with two attached hydrogens (primary N) is 2. The van der Waals surface area contributed by atoms with Crippen LogP contribution in [0.3, 0.4) is 0 Å². The molecule has 1 atom stereocenters. The second kappa shape index (κ2) is 4.24. The van der Waals surface area contributed by atoms with E-state index in [0.29, 0.717) is 6.54 Å². The van der Waals surface area contributed by atoms with Gasteiger partial charge in [-0.2, -0.15) is 0 Å². The summed E-state index contributed by atoms with van der Waals surface area (Å²) in [6.45, 7) is 2.68. The lowest BCUT2D eigenvalue weighted by Crippen LogP contribution is -2.07. The molecule has 0 fully saturated rings. The fourth-order valence-corrected chi connectivity index (χ4v) is 1.20. The minimum absolute atomic E-state index is 0.114. The van der Waals surface area contributed by atoms with E-state index in [0.717, 1.165) is 6.42 Å². The Bertz CT molecular complexity index is 243. The number of benzene rings is 1. The van der Waals surface area contributed by atoms with Crippen molar-refractivity contribution in [2.45, 2.75) is 19.4 Å². The molecule has 4 N–H and O–H groups in total. The summed E-state index contributed by atoms with van der Waals surface area (Å²) in [4.78, 5) is 0. The Hall–Kier alpha value is -0.860. The zero-order valence-corrected chi connectivity index (χ0v) is 7.46. The summed E-state index contributed by atoms with van der Waals surface area (Å²) in [5.74, 6) is 0. The Labute approximate surface area is 73.6 Å². The first-order valence-corrected chi connectivity index (χ1v) is 4.28. The van der Waals surface area contributed by atoms with Crippen LogP contribution in [-0.4, -0.2) is 6.54 Å². The Morgan fingerprint density at radius 2 is 2.17 bits per heavy atom. The third-order valence-corrected chi connectivity index (χ3v) is 1.91. The van der Waals surface area contributed by atoms with Gasteiger partial charge < -0.3 is 11.5 Å². The van der Waals surface area contributed by atoms with Crippen LogP contribution in [0, 0.1) is 0 Å². The van der Waals surface area contributed by atoms with Gasteiger partial charge in [-0.05, 0) is 31.0 Å². The van der Waals surface area contributed by atoms with Crippen molar-refractivity contribution in [3.05, 3.63) is 35.4 Å². The quantitative estimate of drug-likeness (QED) is 0.705. The van der Waals surface area contributed by atoms with Crippen molar-refractivity contribution < 1.29 is 0 Å². The van der Waals surface area contributed by atoms with Gasteiger partial charge in [0.1, 0.15) is 0 Å². The van der Waals surface area contributed by atoms with Crippen LogP contribution >= 0.6 is 0 Å². The highest BCUT2D eigenvalue weighted by Gasteiger charge is 1.99. The summed E-state index contributed by atoms with van der Waals surface area (Å²) in [7, 11) is 0. The molecule has 2 heteroatoms. The van der Waals surface area contributed by atoms with Crippen LogP contribution in [0.4, 0.5) is 0 Å². The Balaban J connectivity index is 2.81. The first kappa shape index (κ1) is 9.23. The summed E-state index contributed by atoms with van der Waals surface area (Å²) in [6.07, 6.45) is 0.931. The van der Waals surface area contributed by atoms with Crippen LogP contribution in [-0.2, 0) is 6.42 Å². The Morgan fingerprint density at radius 1 is 1.42 bits per heavy atom. The molecule has 0 aromatic heterocycles. The molecular formula is C10H16N2. The smallest absolute Gasteiger partial charge is 0.0266 e. The fraction of sp³-hybridized carbons (Fsp3) is 0.400. The predicted molar refractivity (Wildman–Crippen MR) is 51.8 cm³/mol. The highest BCUT2D eigenvalue weighted by Crippen LogP contribution is 2.11. The van der Waals surface area contributed by atoms with Gasteiger partial charge in [0.2, 0.25) is 0 Å². The lowest BCUT2D eigenvalue weighted by Gasteiger charge is -2.06. The summed E-state index contributed by atoms with van der Waals surface area (Å²) in [5, 5.41) is 0. The van der Waals surface area contributed by atoms with Gasteiger partial charge in [0.25, 0.3) is 0 Å². The van der Waals surface area contributed by atoms with E-state index in [9.17, 15) is 0 Å². The lowest BCUT2D eigenvalue weighted by molar-refractivity contribution is 0.813. The van der Waals surface area contributed by atoms with E-state index in [4.69, 9.17) is 11.5 Å². The highest BCUT2D eigenvalue weighted by atomic mass is 14.6. The molecule has 0 aliphatic carbocycles. The molecule has 12 heavy (non-hydrogen) atoms. The summed E-state index contributed by atoms with van der Waals surface area (Å²) < 4.78 is 0. The van der Waals surface area contributed by atoms with Crippen LogP contribution in [0.5, 0.6) is 0 Å². The lowest BCUT2D eigenvalue weighted by atomic mass is 10.0. The molecule has 2 nitrogen and oxygen atoms in total. The van der Waals surface area contributed by atoms with Gasteiger partial charge >= 0.3 is 0 Å². The van der Waals surface area contributed by atoms with E-state index in [-0.39, 0.29) is 6.04 Å². The van der Waals surface area contributed by atoms with Crippen molar-refractivity contribution >= 4 is 0 Å². The number of hydrogen-bond acceptors (Lipinski definition) is 2. The van der Waals surface area contributed by atoms with Crippen LogP contribution < -0.4 is 11.5 Å². The van der Waals surface area contributed by atoms with Crippen LogP contribution in [0.25, 0.3) is 0 Å². The summed E-state index contributed by atoms with van der Waals surface area (Å²) in [6, 6.07) is 8.40. The second-order valence-corrected chi connectivity index (χ2v) is 3.07. The average Bonchev–Trinajstić information content (AvgIpc) is 2.05. The van der Waals surface area contributed by atoms with E-state index < -0.39 is 0 Å². The monoisotopic (exact) mass is 164 g/mol. The molecule has 0 aliphatic rings. The maximum Gasteiger partial charge on any atom is 0.0266 e. The van der Waals surface area contributed by atoms with Gasteiger partial charge in [-0.15, -0.1) is 0 Å². The third-order valence-electron chi connectivity index (χ3n) is 1.91. The largest absolute Gasteiger partial charge is 0.330 e. The molecule has 0 amide bonds. The number of hydrogen-bond donors (Lipinski definition) is 2. The zero-order valence-electron chi connectivity index (χ0n) is 7.46. The molecule has 0 spiro atoms. The van der Waals surface area contributed by atoms with Crippen LogP contribution in [0.15, 0.2) is 24.3 Å². The van der Waals surface area contributed by atoms with Crippen LogP contribution in [0.2, 0.25) is 0 Å². The third kappa shape index (κ3) is 2.32. The summed E-state index contributed by atoms with van der Waals surface area (Å²) >= 11 is 0. The molecule has 1 rings (SSSR count). The van der Waals surface area contributed by atoms with E-state index in [1.54, 1.807) is 0 Å². The summed E-state index contributed by atoms with van der Waals surface area (Å²) in [5.41, 5.74) is 13.7. The standard InChI is InChI=1S/C10H16N2/c1-8(12)10-4-2-3-9(7-10)5-6-11/h2-4,7-8H,5-6,11-12H2,1H3. The molecule has 0 saturated heterocycles. The minimum Gasteiger partial charge on any atom is -0.330 e. The van der Waals surface area contributed by atoms with Crippen LogP contribution in [0.1, 0.15) is 24.1 Å². The first-order valence-electron chi connectivity index (χ1n) is 4.28. The van der Waals surface area contributed by atoms with Crippen molar-refractivity contribution in [3.8, 4) is 0 Å². The molecule has 0 aliphatic heterocycles. The fourth-order valence-electron chi connectivity index (χ4n) is 1.20. The normalized spacial score (nSPS) is 12.9. The Morgan fingerprint density at radius 3 is 2.75 bits per heavy atom. The molecule has 1 aromatic carbocycles. The highest BCUT2D eigenvalue weighted by molar-refractivity contribution is 5.25. The van der Waals surface area contributed by atoms with Gasteiger partial charge in [0, 0.05) is 6.04 Å². The van der Waals surface area contributed by atoms with Crippen molar-refractivity contribution in [1.82, 2.24) is 0 Å². The van der Waals surface area contributed by atoms with E-state index >= 15 is 0 Å². The van der Waals surface area contributed by atoms with Gasteiger partial charge in [-0.3, -0.25) is 0 Å². The van der Waals surface area contributed by atoms with Crippen molar-refractivity contribution in [3.63, 3.8) is 0 Å². The van der Waals surface area contributed by atoms with E-state index in [1.807, 2.05) is 19.1 Å². The maximum absolute atomic E-state index is 5.75. The zero-order chi connectivity index (χ0) is 8.97. The van der Waals surface area contributed by atoms with Crippen molar-refractivity contribution in [1.29, 1.82) is 0 Å². The number of rotatable bonds is 3. The van der Waals surface area contributed by atoms with Gasteiger partial charge in [0.15, 0.2) is 0 Å². The van der Waals surface area contributed by atoms with Gasteiger partial charge in [-0.25, -0.2) is 0 Å². The van der Waals surface area contributed by atoms with Crippen molar-refractivity contribution in [2.75, 3.05) is 6.54 Å². The average molecular weight is 164 g/mol. The van der Waals surface area contributed by atoms with E-state index in [1.165, 1.54) is 11.1 Å². The topological polar surface area (TPSA) is 52.0 Å². The van der Waals surface area contributed by atoms with Gasteiger partial charge in [-0.1, -0.05) is 24.3 Å². The minimum atomic E-state index is 0.114. The molecule has 0 saturated carbocycles. The molecule has 1 unspecified atom stereocenters. The molecular weight excluding hydrogens is 148 g/mol. The molecule has 66 valence electrons. The molecule has 0 bridgehead atoms. The maximum atomic E-state index is 5.75. The van der Waals surface area contributed by atoms with Crippen molar-refractivity contribution in [2.24, 2.45) is 11.5 Å². The molecule has 1 aromatic rings. The molecule has 0 radical (unpaired) electrons. The predicted octanol–water partition coefficient (Wildman–Crippen LogP) is 1.21. The first-order chi connectivity index (χ1) is 5.74. The molecule has 0 heterocycles. The van der Waals surface area contributed by atoms with E-state index in [2.05, 4.69) is 12.1 Å². The Kier molecular flexibility index (Phi) is 3.26.